The molecule has 2 N–H and O–H groups in total. The zero-order valence-electron chi connectivity index (χ0n) is 15.4. The molecular formula is C18H27N3O4. The summed E-state index contributed by atoms with van der Waals surface area (Å²) in [4.78, 5) is 27.2. The Hall–Kier alpha value is -2.02. The molecule has 1 atom stereocenters. The molecule has 7 nitrogen and oxygen atoms in total. The third kappa shape index (κ3) is 3.51. The van der Waals surface area contributed by atoms with E-state index in [1.165, 1.54) is 0 Å². The first-order valence-electron chi connectivity index (χ1n) is 8.69. The molecule has 0 saturated carbocycles. The molecule has 1 aromatic rings. The lowest BCUT2D eigenvalue weighted by atomic mass is 9.89. The van der Waals surface area contributed by atoms with Crippen LogP contribution < -0.4 is 5.73 Å². The minimum atomic E-state index is -0.557. The average Bonchev–Trinajstić information content (AvgIpc) is 3.01. The normalized spacial score (nSPS) is 24.8. The highest BCUT2D eigenvalue weighted by atomic mass is 16.6. The number of furan rings is 1. The third-order valence-corrected chi connectivity index (χ3v) is 4.89. The summed E-state index contributed by atoms with van der Waals surface area (Å²) in [5.74, 6) is 0.415. The molecule has 2 fully saturated rings. The molecule has 0 aliphatic carbocycles. The van der Waals surface area contributed by atoms with Crippen molar-refractivity contribution in [2.75, 3.05) is 26.7 Å². The van der Waals surface area contributed by atoms with E-state index in [-0.39, 0.29) is 17.3 Å². The number of ether oxygens (including phenoxy) is 1. The molecule has 1 aromatic heterocycles. The molecule has 2 amide bonds. The van der Waals surface area contributed by atoms with Crippen LogP contribution in [-0.2, 0) is 16.7 Å². The Morgan fingerprint density at radius 3 is 2.64 bits per heavy atom. The number of hydrogen-bond acceptors (Lipinski definition) is 5. The second-order valence-corrected chi connectivity index (χ2v) is 8.30. The summed E-state index contributed by atoms with van der Waals surface area (Å²) in [6.45, 7) is 9.01. The van der Waals surface area contributed by atoms with Crippen LogP contribution in [-0.4, -0.2) is 54.1 Å². The number of nitrogens with two attached hydrogens (primary N) is 1. The van der Waals surface area contributed by atoms with Crippen molar-refractivity contribution in [2.24, 2.45) is 5.73 Å². The van der Waals surface area contributed by atoms with Gasteiger partial charge in [0.2, 0.25) is 0 Å². The Labute approximate surface area is 148 Å². The molecule has 1 spiro atoms. The number of likely N-dealkylation sites (tertiary alicyclic amines) is 1. The fourth-order valence-corrected chi connectivity index (χ4v) is 3.87. The maximum Gasteiger partial charge on any atom is 0.410 e. The molecule has 0 bridgehead atoms. The van der Waals surface area contributed by atoms with E-state index in [1.807, 2.05) is 20.8 Å². The second-order valence-electron chi connectivity index (χ2n) is 8.30. The van der Waals surface area contributed by atoms with Gasteiger partial charge >= 0.3 is 6.09 Å². The minimum absolute atomic E-state index is 0.193. The molecule has 2 saturated heterocycles. The zero-order chi connectivity index (χ0) is 18.4. The van der Waals surface area contributed by atoms with E-state index in [9.17, 15) is 9.59 Å². The van der Waals surface area contributed by atoms with E-state index in [2.05, 4.69) is 4.90 Å². The minimum Gasteiger partial charge on any atom is -0.455 e. The molecule has 0 radical (unpaired) electrons. The number of piperidine rings is 1. The van der Waals surface area contributed by atoms with E-state index in [0.29, 0.717) is 19.6 Å². The van der Waals surface area contributed by atoms with Crippen molar-refractivity contribution in [3.8, 4) is 0 Å². The quantitative estimate of drug-likeness (QED) is 0.902. The lowest BCUT2D eigenvalue weighted by molar-refractivity contribution is -0.0115. The number of nitrogens with zero attached hydrogens (tertiary/aromatic N) is 2. The highest BCUT2D eigenvalue weighted by molar-refractivity contribution is 5.90. The number of rotatable bonds is 3. The molecule has 138 valence electrons. The molecule has 3 rings (SSSR count). The average molecular weight is 349 g/mol. The van der Waals surface area contributed by atoms with Crippen LogP contribution in [0, 0.1) is 0 Å². The van der Waals surface area contributed by atoms with Crippen LogP contribution >= 0.6 is 0 Å². The molecule has 2 aliphatic heterocycles. The van der Waals surface area contributed by atoms with Gasteiger partial charge in [0.15, 0.2) is 5.76 Å². The number of hydrogen-bond donors (Lipinski definition) is 1. The van der Waals surface area contributed by atoms with E-state index < -0.39 is 11.5 Å². The first-order chi connectivity index (χ1) is 11.6. The summed E-state index contributed by atoms with van der Waals surface area (Å²) < 4.78 is 11.4. The standard InChI is InChI=1S/C18H27N3O4/c1-17(2,3)14-12(8-13(24-14)15(19)22)9-21-7-5-6-18(11-21)10-20(4)16(23)25-18/h8H,5-7,9-11H2,1-4H3,(H2,19,22)/t18-/m1/s1. The van der Waals surface area contributed by atoms with Gasteiger partial charge < -0.3 is 19.8 Å². The second kappa shape index (κ2) is 6.05. The monoisotopic (exact) mass is 349 g/mol. The number of amides is 2. The Balaban J connectivity index is 1.80. The van der Waals surface area contributed by atoms with Gasteiger partial charge in [0, 0.05) is 31.1 Å². The summed E-state index contributed by atoms with van der Waals surface area (Å²) in [5, 5.41) is 0. The van der Waals surface area contributed by atoms with Crippen LogP contribution in [0.3, 0.4) is 0 Å². The molecule has 3 heterocycles. The van der Waals surface area contributed by atoms with E-state index in [4.69, 9.17) is 14.9 Å². The summed E-state index contributed by atoms with van der Waals surface area (Å²) in [6.07, 6.45) is 1.59. The Morgan fingerprint density at radius 2 is 2.08 bits per heavy atom. The molecular weight excluding hydrogens is 322 g/mol. The van der Waals surface area contributed by atoms with Crippen LogP contribution in [0.1, 0.15) is 55.5 Å². The fourth-order valence-electron chi connectivity index (χ4n) is 3.87. The molecule has 0 aromatic carbocycles. The van der Waals surface area contributed by atoms with Crippen molar-refractivity contribution >= 4 is 12.0 Å². The summed E-state index contributed by atoms with van der Waals surface area (Å²) >= 11 is 0. The third-order valence-electron chi connectivity index (χ3n) is 4.89. The van der Waals surface area contributed by atoms with Gasteiger partial charge in [0.25, 0.3) is 5.91 Å². The Bertz CT molecular complexity index is 691. The molecule has 7 heteroatoms. The smallest absolute Gasteiger partial charge is 0.410 e. The molecule has 2 aliphatic rings. The van der Waals surface area contributed by atoms with E-state index in [1.54, 1.807) is 18.0 Å². The SMILES string of the molecule is CN1C[C@@]2(CCCN(Cc3cc(C(N)=O)oc3C(C)(C)C)C2)OC1=O. The molecule has 0 unspecified atom stereocenters. The van der Waals surface area contributed by atoms with Gasteiger partial charge in [0.1, 0.15) is 11.4 Å². The summed E-state index contributed by atoms with van der Waals surface area (Å²) in [5.41, 5.74) is 5.70. The lowest BCUT2D eigenvalue weighted by Crippen LogP contribution is -2.50. The Kier molecular flexibility index (Phi) is 4.31. The van der Waals surface area contributed by atoms with Crippen molar-refractivity contribution in [3.63, 3.8) is 0 Å². The van der Waals surface area contributed by atoms with Crippen LogP contribution in [0.5, 0.6) is 0 Å². The van der Waals surface area contributed by atoms with Gasteiger partial charge in [-0.25, -0.2) is 4.79 Å². The maximum atomic E-state index is 11.8. The van der Waals surface area contributed by atoms with Crippen LogP contribution in [0.4, 0.5) is 4.79 Å². The van der Waals surface area contributed by atoms with Gasteiger partial charge in [-0.15, -0.1) is 0 Å². The van der Waals surface area contributed by atoms with E-state index >= 15 is 0 Å². The number of carbonyl (C=O) groups excluding carboxylic acids is 2. The van der Waals surface area contributed by atoms with Crippen LogP contribution in [0.2, 0.25) is 0 Å². The number of primary amides is 1. The zero-order valence-corrected chi connectivity index (χ0v) is 15.4. The van der Waals surface area contributed by atoms with Crippen molar-refractivity contribution in [3.05, 3.63) is 23.2 Å². The van der Waals surface area contributed by atoms with Crippen molar-refractivity contribution in [1.82, 2.24) is 9.80 Å². The summed E-state index contributed by atoms with van der Waals surface area (Å²) in [6, 6.07) is 1.75. The van der Waals surface area contributed by atoms with Crippen LogP contribution in [0.15, 0.2) is 10.5 Å². The van der Waals surface area contributed by atoms with Gasteiger partial charge in [-0.2, -0.15) is 0 Å². The molecule has 25 heavy (non-hydrogen) atoms. The Morgan fingerprint density at radius 1 is 1.36 bits per heavy atom. The predicted molar refractivity (Wildman–Crippen MR) is 92.3 cm³/mol. The topological polar surface area (TPSA) is 89.0 Å². The lowest BCUT2D eigenvalue weighted by Gasteiger charge is -2.38. The van der Waals surface area contributed by atoms with Gasteiger partial charge in [0.05, 0.1) is 6.54 Å². The van der Waals surface area contributed by atoms with Gasteiger partial charge in [-0.3, -0.25) is 9.69 Å². The highest BCUT2D eigenvalue weighted by Gasteiger charge is 2.46. The van der Waals surface area contributed by atoms with Gasteiger partial charge in [-0.1, -0.05) is 20.8 Å². The van der Waals surface area contributed by atoms with Crippen LogP contribution in [0.25, 0.3) is 0 Å². The van der Waals surface area contributed by atoms with Crippen molar-refractivity contribution in [1.29, 1.82) is 0 Å². The van der Waals surface area contributed by atoms with E-state index in [0.717, 1.165) is 30.7 Å². The fraction of sp³-hybridized carbons (Fsp3) is 0.667. The maximum absolute atomic E-state index is 11.8. The first-order valence-corrected chi connectivity index (χ1v) is 8.69. The number of likely N-dealkylation sites (N-methyl/N-ethyl adjacent to an activating group) is 1. The van der Waals surface area contributed by atoms with Crippen molar-refractivity contribution < 1.29 is 18.7 Å². The summed E-state index contributed by atoms with van der Waals surface area (Å²) in [7, 11) is 1.77. The largest absolute Gasteiger partial charge is 0.455 e. The van der Waals surface area contributed by atoms with Gasteiger partial charge in [-0.05, 0) is 25.5 Å². The first kappa shape index (κ1) is 17.8. The van der Waals surface area contributed by atoms with Crippen molar-refractivity contribution in [2.45, 2.75) is 51.2 Å². The highest BCUT2D eigenvalue weighted by Crippen LogP contribution is 2.34. The number of carbonyl (C=O) groups is 2. The predicted octanol–water partition coefficient (Wildman–Crippen LogP) is 2.09.